The second-order valence-electron chi connectivity index (χ2n) is 7.23. The summed E-state index contributed by atoms with van der Waals surface area (Å²) in [5, 5.41) is 8.77. The molecule has 1 fully saturated rings. The number of carboxylic acids is 1. The summed E-state index contributed by atoms with van der Waals surface area (Å²) in [7, 11) is 0. The van der Waals surface area contributed by atoms with Crippen molar-refractivity contribution in [2.75, 3.05) is 31.1 Å². The van der Waals surface area contributed by atoms with Gasteiger partial charge in [0, 0.05) is 31.9 Å². The summed E-state index contributed by atoms with van der Waals surface area (Å²) < 4.78 is 64.9. The SMILES string of the molecule is Cl.NCC1CN(c2c(F)cc3c(=O)c(C(=O)O)cn(-c4ccc(F)cc4F)c3c2F)CCO1. The first-order valence-corrected chi connectivity index (χ1v) is 9.55. The predicted octanol–water partition coefficient (Wildman–Crippen LogP) is 2.83. The number of rotatable bonds is 4. The van der Waals surface area contributed by atoms with Gasteiger partial charge in [0.25, 0.3) is 0 Å². The van der Waals surface area contributed by atoms with E-state index in [-0.39, 0.29) is 38.6 Å². The number of morpholine rings is 1. The van der Waals surface area contributed by atoms with Gasteiger partial charge in [-0.3, -0.25) is 4.79 Å². The first-order chi connectivity index (χ1) is 15.2. The summed E-state index contributed by atoms with van der Waals surface area (Å²) in [5.74, 6) is -6.01. The first kappa shape index (κ1) is 24.5. The maximum atomic E-state index is 15.8. The molecule has 1 aliphatic heterocycles. The highest BCUT2D eigenvalue weighted by atomic mass is 35.5. The van der Waals surface area contributed by atoms with Crippen LogP contribution in [-0.2, 0) is 4.74 Å². The Kier molecular flexibility index (Phi) is 6.96. The minimum absolute atomic E-state index is 0. The van der Waals surface area contributed by atoms with Gasteiger partial charge in [-0.25, -0.2) is 22.4 Å². The van der Waals surface area contributed by atoms with Gasteiger partial charge in [0.05, 0.1) is 29.3 Å². The third-order valence-corrected chi connectivity index (χ3v) is 5.27. The van der Waals surface area contributed by atoms with Crippen molar-refractivity contribution in [3.05, 3.63) is 69.5 Å². The molecule has 0 saturated carbocycles. The van der Waals surface area contributed by atoms with Crippen LogP contribution >= 0.6 is 12.4 Å². The van der Waals surface area contributed by atoms with Crippen LogP contribution in [0.3, 0.4) is 0 Å². The highest BCUT2D eigenvalue weighted by Crippen LogP contribution is 2.33. The highest BCUT2D eigenvalue weighted by molar-refractivity contribution is 5.94. The number of aromatic nitrogens is 1. The minimum Gasteiger partial charge on any atom is -0.477 e. The lowest BCUT2D eigenvalue weighted by Crippen LogP contribution is -2.46. The van der Waals surface area contributed by atoms with E-state index in [1.54, 1.807) is 0 Å². The van der Waals surface area contributed by atoms with E-state index in [0.717, 1.165) is 22.9 Å². The third-order valence-electron chi connectivity index (χ3n) is 5.27. The van der Waals surface area contributed by atoms with E-state index in [1.807, 2.05) is 0 Å². The normalized spacial score (nSPS) is 16.0. The van der Waals surface area contributed by atoms with Crippen LogP contribution in [0.1, 0.15) is 10.4 Å². The lowest BCUT2D eigenvalue weighted by molar-refractivity contribution is 0.0461. The van der Waals surface area contributed by atoms with Crippen molar-refractivity contribution in [3.63, 3.8) is 0 Å². The zero-order chi connectivity index (χ0) is 23.2. The van der Waals surface area contributed by atoms with Gasteiger partial charge in [0.15, 0.2) is 5.82 Å². The molecule has 2 aromatic carbocycles. The van der Waals surface area contributed by atoms with Crippen LogP contribution in [0.4, 0.5) is 23.2 Å². The largest absolute Gasteiger partial charge is 0.477 e. The molecule has 1 saturated heterocycles. The maximum Gasteiger partial charge on any atom is 0.341 e. The molecule has 0 spiro atoms. The smallest absolute Gasteiger partial charge is 0.341 e. The molecule has 1 aliphatic rings. The Bertz CT molecular complexity index is 1300. The van der Waals surface area contributed by atoms with Crippen LogP contribution in [0.5, 0.6) is 0 Å². The van der Waals surface area contributed by atoms with Gasteiger partial charge in [0.2, 0.25) is 5.43 Å². The molecule has 3 aromatic rings. The summed E-state index contributed by atoms with van der Waals surface area (Å²) in [5.41, 5.74) is 2.17. The lowest BCUT2D eigenvalue weighted by Gasteiger charge is -2.34. The van der Waals surface area contributed by atoms with Crippen LogP contribution in [-0.4, -0.2) is 48.0 Å². The number of benzene rings is 2. The zero-order valence-electron chi connectivity index (χ0n) is 16.9. The van der Waals surface area contributed by atoms with Crippen molar-refractivity contribution >= 4 is 35.0 Å². The fourth-order valence-electron chi connectivity index (χ4n) is 3.78. The average Bonchev–Trinajstić information content (AvgIpc) is 2.74. The molecule has 0 amide bonds. The summed E-state index contributed by atoms with van der Waals surface area (Å²) in [6.45, 7) is 0.452. The molecule has 12 heteroatoms. The average molecular weight is 488 g/mol. The second-order valence-corrected chi connectivity index (χ2v) is 7.23. The molecule has 0 radical (unpaired) electrons. The standard InChI is InChI=1S/C21H17F4N3O4.ClH/c22-10-1-2-16(14(23)5-10)28-9-13(21(30)31)20(29)12-6-15(24)19(17(25)18(12)28)27-3-4-32-11(7-26)8-27;/h1-2,5-6,9,11H,3-4,7-8,26H2,(H,30,31);1H. The van der Waals surface area contributed by atoms with E-state index in [9.17, 15) is 23.5 Å². The number of hydrogen-bond acceptors (Lipinski definition) is 5. The number of nitrogens with two attached hydrogens (primary N) is 1. The first-order valence-electron chi connectivity index (χ1n) is 9.55. The van der Waals surface area contributed by atoms with Crippen molar-refractivity contribution in [3.8, 4) is 5.69 Å². The van der Waals surface area contributed by atoms with Crippen LogP contribution < -0.4 is 16.1 Å². The van der Waals surface area contributed by atoms with Gasteiger partial charge in [-0.1, -0.05) is 0 Å². The molecule has 176 valence electrons. The number of halogens is 5. The van der Waals surface area contributed by atoms with E-state index in [2.05, 4.69) is 0 Å². The van der Waals surface area contributed by atoms with Crippen LogP contribution in [0.2, 0.25) is 0 Å². The second kappa shape index (κ2) is 9.38. The van der Waals surface area contributed by atoms with Crippen LogP contribution in [0, 0.1) is 23.3 Å². The molecule has 3 N–H and O–H groups in total. The zero-order valence-corrected chi connectivity index (χ0v) is 17.7. The molecule has 7 nitrogen and oxygen atoms in total. The molecule has 0 aliphatic carbocycles. The molecule has 1 aromatic heterocycles. The summed E-state index contributed by atoms with van der Waals surface area (Å²) in [6, 6.07) is 3.09. The predicted molar refractivity (Wildman–Crippen MR) is 115 cm³/mol. The number of fused-ring (bicyclic) bond motifs is 1. The Morgan fingerprint density at radius 1 is 1.18 bits per heavy atom. The van der Waals surface area contributed by atoms with Gasteiger partial charge in [-0.05, 0) is 18.2 Å². The molecular weight excluding hydrogens is 470 g/mol. The molecule has 4 rings (SSSR count). The molecule has 1 unspecified atom stereocenters. The van der Waals surface area contributed by atoms with E-state index in [4.69, 9.17) is 10.5 Å². The summed E-state index contributed by atoms with van der Waals surface area (Å²) in [6.07, 6.45) is 0.250. The quantitative estimate of drug-likeness (QED) is 0.549. The Balaban J connectivity index is 0.00000306. The number of nitrogens with zero attached hydrogens (tertiary/aromatic N) is 2. The Morgan fingerprint density at radius 3 is 2.55 bits per heavy atom. The van der Waals surface area contributed by atoms with E-state index >= 15 is 8.78 Å². The lowest BCUT2D eigenvalue weighted by atomic mass is 10.1. The van der Waals surface area contributed by atoms with Crippen LogP contribution in [0.15, 0.2) is 35.3 Å². The molecular formula is C21H18ClF4N3O4. The van der Waals surface area contributed by atoms with Gasteiger partial charge < -0.3 is 25.0 Å². The minimum atomic E-state index is -1.67. The van der Waals surface area contributed by atoms with Crippen molar-refractivity contribution in [2.24, 2.45) is 5.73 Å². The number of anilines is 1. The van der Waals surface area contributed by atoms with Crippen molar-refractivity contribution in [1.29, 1.82) is 0 Å². The summed E-state index contributed by atoms with van der Waals surface area (Å²) in [4.78, 5) is 25.6. The number of ether oxygens (including phenoxy) is 1. The number of carboxylic acid groups (broad SMARTS) is 1. The number of pyridine rings is 1. The molecule has 1 atom stereocenters. The maximum absolute atomic E-state index is 15.8. The number of hydrogen-bond donors (Lipinski definition) is 2. The van der Waals surface area contributed by atoms with Crippen molar-refractivity contribution < 1.29 is 32.2 Å². The molecule has 2 heterocycles. The fourth-order valence-corrected chi connectivity index (χ4v) is 3.78. The Labute approximate surface area is 190 Å². The van der Waals surface area contributed by atoms with Crippen LogP contribution in [0.25, 0.3) is 16.6 Å². The van der Waals surface area contributed by atoms with Crippen molar-refractivity contribution in [2.45, 2.75) is 6.10 Å². The topological polar surface area (TPSA) is 97.8 Å². The highest BCUT2D eigenvalue weighted by Gasteiger charge is 2.29. The van der Waals surface area contributed by atoms with Crippen molar-refractivity contribution in [1.82, 2.24) is 4.57 Å². The fraction of sp³-hybridized carbons (Fsp3) is 0.238. The Hall–Kier alpha value is -3.15. The van der Waals surface area contributed by atoms with E-state index < -0.39 is 68.6 Å². The van der Waals surface area contributed by atoms with E-state index in [1.165, 1.54) is 4.90 Å². The van der Waals surface area contributed by atoms with Gasteiger partial charge in [0.1, 0.15) is 28.7 Å². The van der Waals surface area contributed by atoms with E-state index in [0.29, 0.717) is 12.1 Å². The molecule has 33 heavy (non-hydrogen) atoms. The van der Waals surface area contributed by atoms with Gasteiger partial charge in [-0.15, -0.1) is 12.4 Å². The third kappa shape index (κ3) is 4.26. The molecule has 0 bridgehead atoms. The summed E-state index contributed by atoms with van der Waals surface area (Å²) >= 11 is 0. The number of carbonyl (C=O) groups is 1. The Morgan fingerprint density at radius 2 is 1.91 bits per heavy atom. The van der Waals surface area contributed by atoms with Gasteiger partial charge >= 0.3 is 5.97 Å². The number of aromatic carboxylic acids is 1. The monoisotopic (exact) mass is 487 g/mol. The van der Waals surface area contributed by atoms with Gasteiger partial charge in [-0.2, -0.15) is 0 Å².